The van der Waals surface area contributed by atoms with Crippen molar-refractivity contribution in [3.8, 4) is 0 Å². The summed E-state index contributed by atoms with van der Waals surface area (Å²) in [5.74, 6) is 0. The Morgan fingerprint density at radius 2 is 1.61 bits per heavy atom. The van der Waals surface area contributed by atoms with E-state index in [1.54, 1.807) is 12.1 Å². The van der Waals surface area contributed by atoms with E-state index in [2.05, 4.69) is 0 Å². The third-order valence-corrected chi connectivity index (χ3v) is 4.89. The van der Waals surface area contributed by atoms with Gasteiger partial charge in [0.2, 0.25) is 10.0 Å². The Kier molecular flexibility index (Phi) is 3.75. The van der Waals surface area contributed by atoms with Crippen molar-refractivity contribution >= 4 is 10.0 Å². The van der Waals surface area contributed by atoms with Gasteiger partial charge in [0.05, 0.1) is 17.1 Å². The molecular weight excluding hydrogens is 250 g/mol. The van der Waals surface area contributed by atoms with E-state index in [-0.39, 0.29) is 12.2 Å². The summed E-state index contributed by atoms with van der Waals surface area (Å²) < 4.78 is 32.0. The van der Waals surface area contributed by atoms with Gasteiger partial charge < -0.3 is 4.74 Å². The molecule has 2 rings (SSSR count). The number of aryl methyl sites for hydroxylation is 1. The van der Waals surface area contributed by atoms with Gasteiger partial charge in [0.1, 0.15) is 0 Å². The van der Waals surface area contributed by atoms with E-state index in [1.807, 2.05) is 32.9 Å². The topological polar surface area (TPSA) is 46.6 Å². The van der Waals surface area contributed by atoms with Crippen LogP contribution in [0.15, 0.2) is 29.2 Å². The first kappa shape index (κ1) is 13.5. The van der Waals surface area contributed by atoms with Gasteiger partial charge >= 0.3 is 0 Å². The van der Waals surface area contributed by atoms with Crippen molar-refractivity contribution in [1.29, 1.82) is 0 Å². The molecule has 0 saturated carbocycles. The predicted molar refractivity (Wildman–Crippen MR) is 69.9 cm³/mol. The average Bonchev–Trinajstić information content (AvgIpc) is 2.28. The molecule has 1 aliphatic heterocycles. The third kappa shape index (κ3) is 2.74. The highest BCUT2D eigenvalue weighted by molar-refractivity contribution is 7.89. The number of hydrogen-bond acceptors (Lipinski definition) is 3. The summed E-state index contributed by atoms with van der Waals surface area (Å²) in [6.07, 6.45) is -0.122. The minimum Gasteiger partial charge on any atom is -0.373 e. The summed E-state index contributed by atoms with van der Waals surface area (Å²) >= 11 is 0. The first-order valence-electron chi connectivity index (χ1n) is 6.12. The molecule has 0 amide bonds. The van der Waals surface area contributed by atoms with Crippen molar-refractivity contribution in [2.24, 2.45) is 0 Å². The minimum absolute atomic E-state index is 0.0611. The fourth-order valence-electron chi connectivity index (χ4n) is 2.19. The highest BCUT2D eigenvalue weighted by atomic mass is 32.2. The maximum absolute atomic E-state index is 12.5. The molecule has 0 spiro atoms. The van der Waals surface area contributed by atoms with Gasteiger partial charge in [-0.25, -0.2) is 8.42 Å². The van der Waals surface area contributed by atoms with Gasteiger partial charge in [-0.05, 0) is 32.9 Å². The summed E-state index contributed by atoms with van der Waals surface area (Å²) in [6, 6.07) is 6.96. The second-order valence-electron chi connectivity index (χ2n) is 4.89. The zero-order valence-corrected chi connectivity index (χ0v) is 11.8. The monoisotopic (exact) mass is 269 g/mol. The molecule has 100 valence electrons. The molecule has 0 radical (unpaired) electrons. The molecule has 0 unspecified atom stereocenters. The molecule has 5 heteroatoms. The second-order valence-corrected chi connectivity index (χ2v) is 6.83. The number of ether oxygens (including phenoxy) is 1. The number of sulfonamides is 1. The molecule has 1 aliphatic rings. The van der Waals surface area contributed by atoms with E-state index in [9.17, 15) is 8.42 Å². The summed E-state index contributed by atoms with van der Waals surface area (Å²) in [6.45, 7) is 6.57. The van der Waals surface area contributed by atoms with E-state index in [1.165, 1.54) is 4.31 Å². The van der Waals surface area contributed by atoms with Crippen molar-refractivity contribution in [2.75, 3.05) is 13.1 Å². The van der Waals surface area contributed by atoms with Crippen LogP contribution in [0.1, 0.15) is 19.4 Å². The lowest BCUT2D eigenvalue weighted by atomic mass is 10.2. The van der Waals surface area contributed by atoms with Gasteiger partial charge in [-0.3, -0.25) is 0 Å². The Balaban J connectivity index is 2.28. The van der Waals surface area contributed by atoms with Crippen molar-refractivity contribution in [3.05, 3.63) is 29.8 Å². The van der Waals surface area contributed by atoms with Crippen molar-refractivity contribution in [1.82, 2.24) is 4.31 Å². The normalized spacial score (nSPS) is 26.2. The van der Waals surface area contributed by atoms with Crippen molar-refractivity contribution < 1.29 is 13.2 Å². The Morgan fingerprint density at radius 3 is 2.11 bits per heavy atom. The van der Waals surface area contributed by atoms with Crippen LogP contribution >= 0.6 is 0 Å². The SMILES string of the molecule is Cc1ccc(S(=O)(=O)N2C[C@H](C)O[C@@H](C)C2)cc1. The lowest BCUT2D eigenvalue weighted by Crippen LogP contribution is -2.48. The van der Waals surface area contributed by atoms with Crippen LogP contribution in [0.5, 0.6) is 0 Å². The Hall–Kier alpha value is -0.910. The first-order valence-corrected chi connectivity index (χ1v) is 7.56. The lowest BCUT2D eigenvalue weighted by Gasteiger charge is -2.34. The number of benzene rings is 1. The quantitative estimate of drug-likeness (QED) is 0.822. The standard InChI is InChI=1S/C13H19NO3S/c1-10-4-6-13(7-5-10)18(15,16)14-8-11(2)17-12(3)9-14/h4-7,11-12H,8-9H2,1-3H3/t11-,12-/m0/s1. The Bertz CT molecular complexity index is 500. The molecule has 0 aromatic heterocycles. The average molecular weight is 269 g/mol. The van der Waals surface area contributed by atoms with Crippen LogP contribution in [0.2, 0.25) is 0 Å². The van der Waals surface area contributed by atoms with Gasteiger partial charge in [-0.15, -0.1) is 0 Å². The van der Waals surface area contributed by atoms with E-state index in [0.29, 0.717) is 18.0 Å². The van der Waals surface area contributed by atoms with Gasteiger partial charge in [0.15, 0.2) is 0 Å². The first-order chi connectivity index (χ1) is 8.39. The summed E-state index contributed by atoms with van der Waals surface area (Å²) in [5.41, 5.74) is 1.05. The summed E-state index contributed by atoms with van der Waals surface area (Å²) in [4.78, 5) is 0.356. The van der Waals surface area contributed by atoms with Crippen LogP contribution in [0, 0.1) is 6.92 Å². The lowest BCUT2D eigenvalue weighted by molar-refractivity contribution is -0.0440. The summed E-state index contributed by atoms with van der Waals surface area (Å²) in [7, 11) is -3.39. The van der Waals surface area contributed by atoms with Gasteiger partial charge in [-0.1, -0.05) is 17.7 Å². The Labute approximate surface area is 109 Å². The molecule has 1 aromatic carbocycles. The van der Waals surface area contributed by atoms with Gasteiger partial charge in [0, 0.05) is 13.1 Å². The van der Waals surface area contributed by atoms with Crippen LogP contribution in [-0.4, -0.2) is 38.0 Å². The van der Waals surface area contributed by atoms with Gasteiger partial charge in [-0.2, -0.15) is 4.31 Å². The zero-order valence-electron chi connectivity index (χ0n) is 11.0. The van der Waals surface area contributed by atoms with Crippen LogP contribution in [0.25, 0.3) is 0 Å². The third-order valence-electron chi connectivity index (χ3n) is 3.04. The molecule has 4 nitrogen and oxygen atoms in total. The molecule has 18 heavy (non-hydrogen) atoms. The predicted octanol–water partition coefficient (Wildman–Crippen LogP) is 1.79. The van der Waals surface area contributed by atoms with E-state index in [0.717, 1.165) is 5.56 Å². The van der Waals surface area contributed by atoms with Crippen LogP contribution in [0.3, 0.4) is 0 Å². The summed E-state index contributed by atoms with van der Waals surface area (Å²) in [5, 5.41) is 0. The van der Waals surface area contributed by atoms with E-state index in [4.69, 9.17) is 4.74 Å². The van der Waals surface area contributed by atoms with E-state index < -0.39 is 10.0 Å². The van der Waals surface area contributed by atoms with Crippen LogP contribution in [0.4, 0.5) is 0 Å². The highest BCUT2D eigenvalue weighted by Crippen LogP contribution is 2.21. The smallest absolute Gasteiger partial charge is 0.243 e. The minimum atomic E-state index is -3.39. The molecule has 0 aliphatic carbocycles. The number of nitrogens with zero attached hydrogens (tertiary/aromatic N) is 1. The number of rotatable bonds is 2. The maximum atomic E-state index is 12.5. The van der Waals surface area contributed by atoms with Crippen LogP contribution in [-0.2, 0) is 14.8 Å². The van der Waals surface area contributed by atoms with E-state index >= 15 is 0 Å². The molecular formula is C13H19NO3S. The maximum Gasteiger partial charge on any atom is 0.243 e. The molecule has 1 heterocycles. The van der Waals surface area contributed by atoms with Gasteiger partial charge in [0.25, 0.3) is 0 Å². The molecule has 0 bridgehead atoms. The zero-order chi connectivity index (χ0) is 13.3. The molecule has 1 aromatic rings. The van der Waals surface area contributed by atoms with Crippen LogP contribution < -0.4 is 0 Å². The molecule has 2 atom stereocenters. The molecule has 1 saturated heterocycles. The molecule has 1 fully saturated rings. The largest absolute Gasteiger partial charge is 0.373 e. The van der Waals surface area contributed by atoms with Crippen molar-refractivity contribution in [2.45, 2.75) is 37.9 Å². The molecule has 0 N–H and O–H groups in total. The Morgan fingerprint density at radius 1 is 1.11 bits per heavy atom. The fourth-order valence-corrected chi connectivity index (χ4v) is 3.78. The highest BCUT2D eigenvalue weighted by Gasteiger charge is 2.31. The van der Waals surface area contributed by atoms with Crippen molar-refractivity contribution in [3.63, 3.8) is 0 Å². The number of hydrogen-bond donors (Lipinski definition) is 0. The fraction of sp³-hybridized carbons (Fsp3) is 0.538. The number of morpholine rings is 1. The second kappa shape index (κ2) is 4.99.